The van der Waals surface area contributed by atoms with Gasteiger partial charge in [0.25, 0.3) is 0 Å². The lowest BCUT2D eigenvalue weighted by Crippen LogP contribution is -2.39. The molecule has 1 unspecified atom stereocenters. The van der Waals surface area contributed by atoms with Crippen LogP contribution < -0.4 is 4.73 Å². The van der Waals surface area contributed by atoms with Crippen molar-refractivity contribution in [1.82, 2.24) is 4.98 Å². The van der Waals surface area contributed by atoms with Crippen molar-refractivity contribution in [3.8, 4) is 0 Å². The molecule has 108 valence electrons. The van der Waals surface area contributed by atoms with Crippen molar-refractivity contribution in [1.29, 1.82) is 0 Å². The van der Waals surface area contributed by atoms with E-state index in [-0.39, 0.29) is 11.7 Å². The van der Waals surface area contributed by atoms with E-state index < -0.39 is 4.84 Å². The highest BCUT2D eigenvalue weighted by molar-refractivity contribution is 6.43. The Kier molecular flexibility index (Phi) is 4.07. The molecule has 1 aliphatic rings. The van der Waals surface area contributed by atoms with Gasteiger partial charge in [0.2, 0.25) is 4.84 Å². The predicted octanol–water partition coefficient (Wildman–Crippen LogP) is 4.60. The normalized spacial score (nSPS) is 17.8. The van der Waals surface area contributed by atoms with Crippen molar-refractivity contribution in [2.45, 2.75) is 17.2 Å². The lowest BCUT2D eigenvalue weighted by atomic mass is 9.94. The quantitative estimate of drug-likeness (QED) is 0.455. The third kappa shape index (κ3) is 2.73. The Labute approximate surface area is 137 Å². The molecule has 3 rings (SSSR count). The average Bonchev–Trinajstić information content (AvgIpc) is 2.47. The number of halogens is 3. The zero-order valence-electron chi connectivity index (χ0n) is 10.8. The van der Waals surface area contributed by atoms with Gasteiger partial charge in [-0.2, -0.15) is 0 Å². The number of rotatable bonds is 2. The Balaban J connectivity index is 2.32. The van der Waals surface area contributed by atoms with Gasteiger partial charge in [0.15, 0.2) is 5.52 Å². The summed E-state index contributed by atoms with van der Waals surface area (Å²) in [5, 5.41) is 13.9. The summed E-state index contributed by atoms with van der Waals surface area (Å²) < 4.78 is 0.734. The summed E-state index contributed by atoms with van der Waals surface area (Å²) in [5.74, 6) is 0.0356. The standard InChI is InChI=1S/C15H11Cl3N2O/c16-10-6-7-12-11(8-10)13(9-4-2-1-3-5-9)20(21)15(19-12)14(17)18/h1-4,6-9,14H,5H2. The Morgan fingerprint density at radius 3 is 2.76 bits per heavy atom. The maximum Gasteiger partial charge on any atom is 0.335 e. The Bertz CT molecular complexity index is 756. The molecule has 0 fully saturated rings. The van der Waals surface area contributed by atoms with Crippen LogP contribution in [0.4, 0.5) is 0 Å². The largest absolute Gasteiger partial charge is 0.710 e. The summed E-state index contributed by atoms with van der Waals surface area (Å²) in [6.45, 7) is 0. The molecule has 0 spiro atoms. The molecule has 21 heavy (non-hydrogen) atoms. The second-order valence-corrected chi connectivity index (χ2v) is 6.30. The van der Waals surface area contributed by atoms with E-state index in [9.17, 15) is 5.21 Å². The summed E-state index contributed by atoms with van der Waals surface area (Å²) in [4.78, 5) is 3.27. The number of alkyl halides is 2. The average molecular weight is 342 g/mol. The Hall–Kier alpha value is -1.29. The van der Waals surface area contributed by atoms with Crippen LogP contribution in [0.15, 0.2) is 42.5 Å². The molecule has 1 aromatic carbocycles. The molecular weight excluding hydrogens is 331 g/mol. The van der Waals surface area contributed by atoms with E-state index in [4.69, 9.17) is 34.8 Å². The van der Waals surface area contributed by atoms with Gasteiger partial charge in [0, 0.05) is 10.9 Å². The maximum absolute atomic E-state index is 12.6. The second-order valence-electron chi connectivity index (χ2n) is 4.77. The second kappa shape index (κ2) is 5.84. The SMILES string of the molecule is [O-][n+]1c(C(Cl)Cl)nc2ccc(Cl)cc2c1C1C=CC=CC1. The van der Waals surface area contributed by atoms with Crippen molar-refractivity contribution in [2.24, 2.45) is 0 Å². The smallest absolute Gasteiger partial charge is 0.335 e. The van der Waals surface area contributed by atoms with Gasteiger partial charge in [0.1, 0.15) is 5.69 Å². The maximum atomic E-state index is 12.6. The van der Waals surface area contributed by atoms with Crippen LogP contribution in [0.2, 0.25) is 5.02 Å². The van der Waals surface area contributed by atoms with Crippen molar-refractivity contribution in [3.05, 3.63) is 64.3 Å². The van der Waals surface area contributed by atoms with Crippen LogP contribution in [0.3, 0.4) is 0 Å². The van der Waals surface area contributed by atoms with Gasteiger partial charge in [-0.15, -0.1) is 0 Å². The predicted molar refractivity (Wildman–Crippen MR) is 85.8 cm³/mol. The van der Waals surface area contributed by atoms with Crippen LogP contribution in [-0.2, 0) is 0 Å². The number of hydrogen-bond acceptors (Lipinski definition) is 2. The van der Waals surface area contributed by atoms with E-state index >= 15 is 0 Å². The minimum Gasteiger partial charge on any atom is -0.710 e. The highest BCUT2D eigenvalue weighted by Crippen LogP contribution is 2.31. The monoisotopic (exact) mass is 340 g/mol. The van der Waals surface area contributed by atoms with Gasteiger partial charge in [-0.1, -0.05) is 59.1 Å². The van der Waals surface area contributed by atoms with Crippen LogP contribution >= 0.6 is 34.8 Å². The molecule has 1 heterocycles. The molecule has 3 nitrogen and oxygen atoms in total. The molecule has 0 amide bonds. The molecule has 2 aromatic rings. The third-order valence-corrected chi connectivity index (χ3v) is 4.05. The summed E-state index contributed by atoms with van der Waals surface area (Å²) >= 11 is 17.8. The molecule has 0 saturated carbocycles. The molecule has 0 bridgehead atoms. The molecule has 0 radical (unpaired) electrons. The van der Waals surface area contributed by atoms with Gasteiger partial charge in [0.05, 0.1) is 5.39 Å². The number of benzene rings is 1. The molecule has 0 saturated heterocycles. The van der Waals surface area contributed by atoms with Crippen molar-refractivity contribution < 1.29 is 4.73 Å². The van der Waals surface area contributed by atoms with E-state index in [1.807, 2.05) is 24.3 Å². The van der Waals surface area contributed by atoms with Gasteiger partial charge in [-0.25, -0.2) is 4.73 Å². The number of aromatic nitrogens is 2. The Morgan fingerprint density at radius 1 is 1.29 bits per heavy atom. The van der Waals surface area contributed by atoms with Crippen LogP contribution in [0, 0.1) is 5.21 Å². The molecule has 6 heteroatoms. The first-order valence-electron chi connectivity index (χ1n) is 6.42. The van der Waals surface area contributed by atoms with Crippen LogP contribution in [0.1, 0.15) is 28.7 Å². The fraction of sp³-hybridized carbons (Fsp3) is 0.200. The zero-order valence-corrected chi connectivity index (χ0v) is 13.1. The molecule has 1 aromatic heterocycles. The third-order valence-electron chi connectivity index (χ3n) is 3.42. The number of allylic oxidation sites excluding steroid dienone is 4. The van der Waals surface area contributed by atoms with E-state index in [0.717, 1.165) is 16.5 Å². The van der Waals surface area contributed by atoms with Crippen molar-refractivity contribution >= 4 is 45.7 Å². The fourth-order valence-corrected chi connectivity index (χ4v) is 2.93. The summed E-state index contributed by atoms with van der Waals surface area (Å²) in [6, 6.07) is 5.25. The number of fused-ring (bicyclic) bond motifs is 1. The lowest BCUT2D eigenvalue weighted by Gasteiger charge is -2.20. The first-order valence-corrected chi connectivity index (χ1v) is 7.67. The van der Waals surface area contributed by atoms with Crippen LogP contribution in [-0.4, -0.2) is 4.98 Å². The van der Waals surface area contributed by atoms with Crippen molar-refractivity contribution in [2.75, 3.05) is 0 Å². The first kappa shape index (κ1) is 14.6. The highest BCUT2D eigenvalue weighted by atomic mass is 35.5. The summed E-state index contributed by atoms with van der Waals surface area (Å²) in [7, 11) is 0. The molecule has 1 atom stereocenters. The highest BCUT2D eigenvalue weighted by Gasteiger charge is 2.27. The minimum absolute atomic E-state index is 0.0534. The molecule has 1 aliphatic carbocycles. The molecule has 0 aliphatic heterocycles. The summed E-state index contributed by atoms with van der Waals surface area (Å²) in [6.07, 6.45) is 8.60. The zero-order chi connectivity index (χ0) is 15.0. The minimum atomic E-state index is -0.982. The van der Waals surface area contributed by atoms with Crippen LogP contribution in [0.5, 0.6) is 0 Å². The topological polar surface area (TPSA) is 39.8 Å². The van der Waals surface area contributed by atoms with Crippen LogP contribution in [0.25, 0.3) is 10.9 Å². The number of hydrogen-bond donors (Lipinski definition) is 0. The van der Waals surface area contributed by atoms with E-state index in [1.54, 1.807) is 18.2 Å². The van der Waals surface area contributed by atoms with Gasteiger partial charge in [-0.05, 0) is 29.6 Å². The Morgan fingerprint density at radius 2 is 2.10 bits per heavy atom. The molecular formula is C15H11Cl3N2O. The van der Waals surface area contributed by atoms with E-state index in [0.29, 0.717) is 16.2 Å². The van der Waals surface area contributed by atoms with E-state index in [1.165, 1.54) is 0 Å². The van der Waals surface area contributed by atoms with Gasteiger partial charge in [-0.3, -0.25) is 0 Å². The first-order chi connectivity index (χ1) is 10.1. The lowest BCUT2D eigenvalue weighted by molar-refractivity contribution is -0.624. The fourth-order valence-electron chi connectivity index (χ4n) is 2.48. The van der Waals surface area contributed by atoms with Crippen molar-refractivity contribution in [3.63, 3.8) is 0 Å². The number of nitrogens with zero attached hydrogens (tertiary/aromatic N) is 2. The van der Waals surface area contributed by atoms with Gasteiger partial charge < -0.3 is 5.21 Å². The molecule has 0 N–H and O–H groups in total. The van der Waals surface area contributed by atoms with Gasteiger partial charge >= 0.3 is 5.82 Å². The summed E-state index contributed by atoms with van der Waals surface area (Å²) in [5.41, 5.74) is 1.23. The van der Waals surface area contributed by atoms with E-state index in [2.05, 4.69) is 4.98 Å².